The minimum Gasteiger partial charge on any atom is -0.322 e. The van der Waals surface area contributed by atoms with Gasteiger partial charge in [-0.05, 0) is 54.6 Å². The molecular formula is C20H14Cl2N2O2. The van der Waals surface area contributed by atoms with Crippen molar-refractivity contribution in [1.82, 2.24) is 0 Å². The molecule has 2 N–H and O–H groups in total. The van der Waals surface area contributed by atoms with Gasteiger partial charge < -0.3 is 10.6 Å². The molecule has 0 bridgehead atoms. The van der Waals surface area contributed by atoms with Crippen LogP contribution < -0.4 is 10.6 Å². The van der Waals surface area contributed by atoms with Gasteiger partial charge in [0.15, 0.2) is 0 Å². The molecule has 6 heteroatoms. The average Bonchev–Trinajstić information content (AvgIpc) is 2.64. The van der Waals surface area contributed by atoms with Gasteiger partial charge in [0.25, 0.3) is 11.8 Å². The highest BCUT2D eigenvalue weighted by molar-refractivity contribution is 6.34. The minimum atomic E-state index is -0.306. The molecule has 0 spiro atoms. The van der Waals surface area contributed by atoms with E-state index in [0.29, 0.717) is 32.5 Å². The first-order valence-electron chi connectivity index (χ1n) is 7.76. The fraction of sp³-hybridized carbons (Fsp3) is 0. The Morgan fingerprint density at radius 3 is 1.92 bits per heavy atom. The van der Waals surface area contributed by atoms with Crippen LogP contribution in [0.5, 0.6) is 0 Å². The van der Waals surface area contributed by atoms with Crippen molar-refractivity contribution in [2.45, 2.75) is 0 Å². The fourth-order valence-electron chi connectivity index (χ4n) is 2.30. The first kappa shape index (κ1) is 18.0. The Kier molecular flexibility index (Phi) is 5.56. The second kappa shape index (κ2) is 8.04. The molecule has 0 aliphatic heterocycles. The molecule has 3 aromatic carbocycles. The highest BCUT2D eigenvalue weighted by Gasteiger charge is 2.11. The number of amides is 2. The van der Waals surface area contributed by atoms with Crippen LogP contribution in [0.2, 0.25) is 10.0 Å². The van der Waals surface area contributed by atoms with Gasteiger partial charge in [-0.15, -0.1) is 0 Å². The molecule has 0 saturated heterocycles. The molecule has 0 atom stereocenters. The lowest BCUT2D eigenvalue weighted by atomic mass is 10.1. The van der Waals surface area contributed by atoms with Crippen molar-refractivity contribution in [3.05, 3.63) is 94.0 Å². The van der Waals surface area contributed by atoms with E-state index in [4.69, 9.17) is 23.2 Å². The molecule has 0 radical (unpaired) electrons. The van der Waals surface area contributed by atoms with Crippen molar-refractivity contribution in [3.63, 3.8) is 0 Å². The second-order valence-corrected chi connectivity index (χ2v) is 6.32. The smallest absolute Gasteiger partial charge is 0.255 e. The summed E-state index contributed by atoms with van der Waals surface area (Å²) >= 11 is 11.9. The van der Waals surface area contributed by atoms with Crippen LogP contribution in [0, 0.1) is 0 Å². The summed E-state index contributed by atoms with van der Waals surface area (Å²) in [5, 5.41) is 6.48. The van der Waals surface area contributed by atoms with Gasteiger partial charge in [-0.2, -0.15) is 0 Å². The monoisotopic (exact) mass is 384 g/mol. The van der Waals surface area contributed by atoms with Gasteiger partial charge in [0.05, 0.1) is 10.7 Å². The first-order valence-corrected chi connectivity index (χ1v) is 8.51. The zero-order valence-corrected chi connectivity index (χ0v) is 15.0. The Morgan fingerprint density at radius 2 is 1.31 bits per heavy atom. The van der Waals surface area contributed by atoms with Crippen LogP contribution in [0.25, 0.3) is 0 Å². The number of carbonyl (C=O) groups excluding carboxylic acids is 2. The molecule has 3 aromatic rings. The number of nitrogens with one attached hydrogen (secondary N) is 2. The predicted molar refractivity (Wildman–Crippen MR) is 105 cm³/mol. The van der Waals surface area contributed by atoms with E-state index in [0.717, 1.165) is 0 Å². The Labute approximate surface area is 160 Å². The Balaban J connectivity index is 1.68. The fourth-order valence-corrected chi connectivity index (χ4v) is 2.67. The number of rotatable bonds is 4. The molecule has 130 valence electrons. The van der Waals surface area contributed by atoms with Gasteiger partial charge in [0.1, 0.15) is 0 Å². The van der Waals surface area contributed by atoms with Crippen LogP contribution in [0.3, 0.4) is 0 Å². The topological polar surface area (TPSA) is 58.2 Å². The van der Waals surface area contributed by atoms with Crippen molar-refractivity contribution in [3.8, 4) is 0 Å². The molecule has 4 nitrogen and oxygen atoms in total. The third-order valence-corrected chi connectivity index (χ3v) is 4.18. The first-order chi connectivity index (χ1) is 12.5. The van der Waals surface area contributed by atoms with E-state index < -0.39 is 0 Å². The van der Waals surface area contributed by atoms with E-state index in [9.17, 15) is 9.59 Å². The Morgan fingerprint density at radius 1 is 0.692 bits per heavy atom. The number of benzene rings is 3. The summed E-state index contributed by atoms with van der Waals surface area (Å²) in [5.74, 6) is -0.592. The number of carbonyl (C=O) groups is 2. The zero-order valence-electron chi connectivity index (χ0n) is 13.5. The summed E-state index contributed by atoms with van der Waals surface area (Å²) in [6.07, 6.45) is 0. The van der Waals surface area contributed by atoms with E-state index in [1.165, 1.54) is 0 Å². The highest BCUT2D eigenvalue weighted by atomic mass is 35.5. The van der Waals surface area contributed by atoms with Gasteiger partial charge in [-0.25, -0.2) is 0 Å². The average molecular weight is 385 g/mol. The van der Waals surface area contributed by atoms with Crippen LogP contribution >= 0.6 is 23.2 Å². The summed E-state index contributed by atoms with van der Waals surface area (Å²) in [4.78, 5) is 24.6. The van der Waals surface area contributed by atoms with Crippen LogP contribution in [-0.4, -0.2) is 11.8 Å². The number of anilines is 2. The van der Waals surface area contributed by atoms with E-state index in [1.54, 1.807) is 72.8 Å². The lowest BCUT2D eigenvalue weighted by molar-refractivity contribution is 0.101. The van der Waals surface area contributed by atoms with Crippen molar-refractivity contribution in [2.75, 3.05) is 10.6 Å². The molecule has 2 amide bonds. The third-order valence-electron chi connectivity index (χ3n) is 3.61. The summed E-state index contributed by atoms with van der Waals surface area (Å²) in [5.41, 5.74) is 1.98. The maximum absolute atomic E-state index is 12.3. The van der Waals surface area contributed by atoms with Gasteiger partial charge in [0, 0.05) is 21.8 Å². The van der Waals surface area contributed by atoms with Crippen molar-refractivity contribution < 1.29 is 9.59 Å². The number of halogens is 2. The molecule has 26 heavy (non-hydrogen) atoms. The molecule has 3 rings (SSSR count). The highest BCUT2D eigenvalue weighted by Crippen LogP contribution is 2.21. The molecule has 0 saturated carbocycles. The quantitative estimate of drug-likeness (QED) is 0.623. The molecule has 0 heterocycles. The summed E-state index contributed by atoms with van der Waals surface area (Å²) in [7, 11) is 0. The van der Waals surface area contributed by atoms with Crippen LogP contribution in [0.4, 0.5) is 11.4 Å². The standard InChI is InChI=1S/C20H14Cl2N2O2/c21-15-4-3-5-16(12-15)23-19(25)13-8-10-14(11-9-13)20(26)24-18-7-2-1-6-17(18)22/h1-12H,(H,23,25)(H,24,26). The maximum Gasteiger partial charge on any atom is 0.255 e. The maximum atomic E-state index is 12.3. The van der Waals surface area contributed by atoms with Crippen molar-refractivity contribution >= 4 is 46.4 Å². The lowest BCUT2D eigenvalue weighted by Gasteiger charge is -2.08. The molecule has 0 fully saturated rings. The van der Waals surface area contributed by atoms with Crippen LogP contribution in [0.15, 0.2) is 72.8 Å². The summed E-state index contributed by atoms with van der Waals surface area (Å²) < 4.78 is 0. The number of para-hydroxylation sites is 1. The minimum absolute atomic E-state index is 0.287. The van der Waals surface area contributed by atoms with Crippen LogP contribution in [0.1, 0.15) is 20.7 Å². The molecular weight excluding hydrogens is 371 g/mol. The molecule has 0 unspecified atom stereocenters. The largest absolute Gasteiger partial charge is 0.322 e. The predicted octanol–water partition coefficient (Wildman–Crippen LogP) is 5.50. The van der Waals surface area contributed by atoms with E-state index in [2.05, 4.69) is 10.6 Å². The normalized spacial score (nSPS) is 10.2. The number of hydrogen-bond donors (Lipinski definition) is 2. The van der Waals surface area contributed by atoms with Crippen LogP contribution in [-0.2, 0) is 0 Å². The molecule has 0 aliphatic carbocycles. The van der Waals surface area contributed by atoms with E-state index in [-0.39, 0.29) is 11.8 Å². The SMILES string of the molecule is O=C(Nc1cccc(Cl)c1)c1ccc(C(=O)Nc2ccccc2Cl)cc1. The lowest BCUT2D eigenvalue weighted by Crippen LogP contribution is -2.14. The Bertz CT molecular complexity index is 956. The van der Waals surface area contributed by atoms with Gasteiger partial charge in [-0.3, -0.25) is 9.59 Å². The third kappa shape index (κ3) is 4.42. The van der Waals surface area contributed by atoms with Gasteiger partial charge in [0.2, 0.25) is 0 Å². The summed E-state index contributed by atoms with van der Waals surface area (Å²) in [6.45, 7) is 0. The van der Waals surface area contributed by atoms with Gasteiger partial charge in [-0.1, -0.05) is 41.4 Å². The number of hydrogen-bond acceptors (Lipinski definition) is 2. The second-order valence-electron chi connectivity index (χ2n) is 5.48. The van der Waals surface area contributed by atoms with E-state index >= 15 is 0 Å². The van der Waals surface area contributed by atoms with E-state index in [1.807, 2.05) is 0 Å². The Hall–Kier alpha value is -2.82. The zero-order chi connectivity index (χ0) is 18.5. The summed E-state index contributed by atoms with van der Waals surface area (Å²) in [6, 6.07) is 20.2. The molecule has 0 aliphatic rings. The van der Waals surface area contributed by atoms with Crippen molar-refractivity contribution in [2.24, 2.45) is 0 Å². The molecule has 0 aromatic heterocycles. The van der Waals surface area contributed by atoms with Gasteiger partial charge >= 0.3 is 0 Å². The van der Waals surface area contributed by atoms with Crippen molar-refractivity contribution in [1.29, 1.82) is 0 Å².